The van der Waals surface area contributed by atoms with Crippen molar-refractivity contribution in [3.63, 3.8) is 0 Å². The maximum atomic E-state index is 13.0. The predicted molar refractivity (Wildman–Crippen MR) is 87.5 cm³/mol. The molecule has 1 aliphatic heterocycles. The molecule has 1 aromatic carbocycles. The molecular weight excluding hydrogens is 352 g/mol. The van der Waals surface area contributed by atoms with Crippen LogP contribution in [0.15, 0.2) is 18.2 Å². The van der Waals surface area contributed by atoms with E-state index >= 15 is 0 Å². The molecule has 1 atom stereocenters. The summed E-state index contributed by atoms with van der Waals surface area (Å²) < 4.78 is 5.78. The van der Waals surface area contributed by atoms with Crippen molar-refractivity contribution < 1.29 is 24.4 Å². The first-order valence-electron chi connectivity index (χ1n) is 8.00. The molecule has 0 aromatic heterocycles. The molecule has 1 N–H and O–H groups in total. The van der Waals surface area contributed by atoms with Gasteiger partial charge in [-0.3, -0.25) is 19.8 Å². The number of hydrogen-bond acceptors (Lipinski definition) is 5. The molecule has 1 aliphatic carbocycles. The van der Waals surface area contributed by atoms with Crippen LogP contribution in [0, 0.1) is 10.1 Å². The lowest BCUT2D eigenvalue weighted by atomic mass is 9.89. The monoisotopic (exact) mass is 368 g/mol. The fourth-order valence-corrected chi connectivity index (χ4v) is 3.77. The van der Waals surface area contributed by atoms with Crippen molar-refractivity contribution in [2.45, 2.75) is 43.9 Å². The van der Waals surface area contributed by atoms with Gasteiger partial charge < -0.3 is 9.84 Å². The highest BCUT2D eigenvalue weighted by atomic mass is 35.5. The summed E-state index contributed by atoms with van der Waals surface area (Å²) in [6.45, 7) is -0.0866. The molecule has 2 fully saturated rings. The topological polar surface area (TPSA) is 110 Å². The van der Waals surface area contributed by atoms with Crippen LogP contribution in [0.1, 0.15) is 42.5 Å². The number of rotatable bonds is 3. The van der Waals surface area contributed by atoms with Crippen LogP contribution in [0.25, 0.3) is 0 Å². The minimum atomic E-state index is -1.15. The van der Waals surface area contributed by atoms with Gasteiger partial charge in [-0.2, -0.15) is 0 Å². The number of aliphatic carboxylic acids is 1. The first kappa shape index (κ1) is 17.6. The van der Waals surface area contributed by atoms with Gasteiger partial charge in [0.1, 0.15) is 10.7 Å². The number of amides is 1. The normalized spacial score (nSPS) is 22.1. The number of carbonyl (C=O) groups excluding carboxylic acids is 1. The first-order chi connectivity index (χ1) is 11.9. The Morgan fingerprint density at radius 3 is 2.60 bits per heavy atom. The van der Waals surface area contributed by atoms with Gasteiger partial charge in [-0.1, -0.05) is 18.0 Å². The quantitative estimate of drug-likeness (QED) is 0.648. The average Bonchev–Trinajstić information content (AvgIpc) is 2.94. The van der Waals surface area contributed by atoms with E-state index in [1.807, 2.05) is 0 Å². The van der Waals surface area contributed by atoms with E-state index in [1.165, 1.54) is 17.0 Å². The standard InChI is InChI=1S/C16H17ClN2O6/c17-11-5-4-10(8-12(11)19(23)24)14(20)18-13(15(21)22)9-25-16(18)6-2-1-3-7-16/h4-5,8,13H,1-3,6-7,9H2,(H,21,22)/t13-/m1/s1. The molecule has 1 saturated carbocycles. The Hall–Kier alpha value is -2.19. The van der Waals surface area contributed by atoms with Crippen molar-refractivity contribution in [1.29, 1.82) is 0 Å². The summed E-state index contributed by atoms with van der Waals surface area (Å²) in [4.78, 5) is 36.3. The van der Waals surface area contributed by atoms with E-state index in [0.717, 1.165) is 25.3 Å². The summed E-state index contributed by atoms with van der Waals surface area (Å²) in [5, 5.41) is 20.5. The fourth-order valence-electron chi connectivity index (χ4n) is 3.58. The van der Waals surface area contributed by atoms with Crippen molar-refractivity contribution >= 4 is 29.2 Å². The third-order valence-electron chi connectivity index (χ3n) is 4.79. The molecule has 1 amide bonds. The number of nitrogens with zero attached hydrogens (tertiary/aromatic N) is 2. The van der Waals surface area contributed by atoms with E-state index in [0.29, 0.717) is 12.8 Å². The van der Waals surface area contributed by atoms with Crippen molar-refractivity contribution in [2.24, 2.45) is 0 Å². The van der Waals surface area contributed by atoms with Crippen LogP contribution in [-0.4, -0.2) is 45.2 Å². The number of ether oxygens (including phenoxy) is 1. The molecule has 1 spiro atoms. The number of carbonyl (C=O) groups is 2. The molecule has 0 unspecified atom stereocenters. The Labute approximate surface area is 148 Å². The van der Waals surface area contributed by atoms with Crippen molar-refractivity contribution in [3.8, 4) is 0 Å². The number of benzene rings is 1. The number of carboxylic acid groups (broad SMARTS) is 1. The van der Waals surface area contributed by atoms with Crippen molar-refractivity contribution in [2.75, 3.05) is 6.61 Å². The Morgan fingerprint density at radius 1 is 1.32 bits per heavy atom. The molecule has 1 saturated heterocycles. The van der Waals surface area contributed by atoms with Crippen LogP contribution in [0.3, 0.4) is 0 Å². The Morgan fingerprint density at radius 2 is 2.00 bits per heavy atom. The molecule has 2 aliphatic rings. The summed E-state index contributed by atoms with van der Waals surface area (Å²) in [7, 11) is 0. The number of halogens is 1. The van der Waals surface area contributed by atoms with Gasteiger partial charge in [-0.15, -0.1) is 0 Å². The maximum Gasteiger partial charge on any atom is 0.328 e. The summed E-state index contributed by atoms with van der Waals surface area (Å²) in [5.41, 5.74) is -1.32. The van der Waals surface area contributed by atoms with E-state index < -0.39 is 34.3 Å². The van der Waals surface area contributed by atoms with Crippen molar-refractivity contribution in [3.05, 3.63) is 38.9 Å². The first-order valence-corrected chi connectivity index (χ1v) is 8.38. The highest BCUT2D eigenvalue weighted by Crippen LogP contribution is 2.41. The van der Waals surface area contributed by atoms with Crippen LogP contribution in [0.2, 0.25) is 5.02 Å². The summed E-state index contributed by atoms with van der Waals surface area (Å²) in [6, 6.07) is 2.61. The zero-order chi connectivity index (χ0) is 18.2. The molecule has 1 aromatic rings. The predicted octanol–water partition coefficient (Wildman–Crippen LogP) is 2.83. The number of nitro benzene ring substituents is 1. The van der Waals surface area contributed by atoms with Crippen LogP contribution < -0.4 is 0 Å². The van der Waals surface area contributed by atoms with E-state index in [2.05, 4.69) is 0 Å². The zero-order valence-electron chi connectivity index (χ0n) is 13.3. The lowest BCUT2D eigenvalue weighted by molar-refractivity contribution is -0.384. The molecule has 3 rings (SSSR count). The lowest BCUT2D eigenvalue weighted by Gasteiger charge is -2.41. The second-order valence-electron chi connectivity index (χ2n) is 6.27. The van der Waals surface area contributed by atoms with Crippen LogP contribution in [0.5, 0.6) is 0 Å². The van der Waals surface area contributed by atoms with Gasteiger partial charge in [0.25, 0.3) is 11.6 Å². The number of carboxylic acids is 1. The highest BCUT2D eigenvalue weighted by molar-refractivity contribution is 6.32. The van der Waals surface area contributed by atoms with E-state index in [4.69, 9.17) is 16.3 Å². The molecule has 134 valence electrons. The lowest BCUT2D eigenvalue weighted by Crippen LogP contribution is -2.54. The smallest absolute Gasteiger partial charge is 0.328 e. The molecular formula is C16H17ClN2O6. The largest absolute Gasteiger partial charge is 0.480 e. The molecule has 9 heteroatoms. The molecule has 8 nitrogen and oxygen atoms in total. The van der Waals surface area contributed by atoms with Crippen LogP contribution in [0.4, 0.5) is 5.69 Å². The maximum absolute atomic E-state index is 13.0. The molecule has 0 radical (unpaired) electrons. The Bertz CT molecular complexity index is 731. The third kappa shape index (κ3) is 3.07. The minimum absolute atomic E-state index is 0.0257. The second kappa shape index (κ2) is 6.61. The minimum Gasteiger partial charge on any atom is -0.480 e. The summed E-state index contributed by atoms with van der Waals surface area (Å²) >= 11 is 5.79. The van der Waals surface area contributed by atoms with Gasteiger partial charge in [-0.25, -0.2) is 4.79 Å². The fraction of sp³-hybridized carbons (Fsp3) is 0.500. The number of hydrogen-bond donors (Lipinski definition) is 1. The SMILES string of the molecule is O=C(O)[C@H]1COC2(CCCCC2)N1C(=O)c1ccc(Cl)c([N+](=O)[O-])c1. The van der Waals surface area contributed by atoms with Crippen LogP contribution >= 0.6 is 11.6 Å². The Balaban J connectivity index is 2.01. The van der Waals surface area contributed by atoms with Crippen molar-refractivity contribution in [1.82, 2.24) is 4.90 Å². The van der Waals surface area contributed by atoms with Crippen LogP contribution in [-0.2, 0) is 9.53 Å². The van der Waals surface area contributed by atoms with Gasteiger partial charge in [-0.05, 0) is 37.8 Å². The highest BCUT2D eigenvalue weighted by Gasteiger charge is 2.53. The number of nitro groups is 1. The van der Waals surface area contributed by atoms with Gasteiger partial charge in [0.05, 0.1) is 11.5 Å². The third-order valence-corrected chi connectivity index (χ3v) is 5.11. The summed E-state index contributed by atoms with van der Waals surface area (Å²) in [5.74, 6) is -1.74. The van der Waals surface area contributed by atoms with Gasteiger partial charge in [0, 0.05) is 11.6 Å². The van der Waals surface area contributed by atoms with E-state index in [1.54, 1.807) is 0 Å². The van der Waals surface area contributed by atoms with Gasteiger partial charge >= 0.3 is 5.97 Å². The Kier molecular flexibility index (Phi) is 4.66. The second-order valence-corrected chi connectivity index (χ2v) is 6.68. The van der Waals surface area contributed by atoms with E-state index in [9.17, 15) is 24.8 Å². The molecule has 0 bridgehead atoms. The zero-order valence-corrected chi connectivity index (χ0v) is 14.1. The summed E-state index contributed by atoms with van der Waals surface area (Å²) in [6.07, 6.45) is 3.77. The van der Waals surface area contributed by atoms with Gasteiger partial charge in [0.2, 0.25) is 0 Å². The molecule has 1 heterocycles. The average molecular weight is 369 g/mol. The molecule has 25 heavy (non-hydrogen) atoms. The van der Waals surface area contributed by atoms with Gasteiger partial charge in [0.15, 0.2) is 6.04 Å². The van der Waals surface area contributed by atoms with E-state index in [-0.39, 0.29) is 17.2 Å².